The normalized spacial score (nSPS) is 20.9. The van der Waals surface area contributed by atoms with E-state index >= 15 is 0 Å². The largest absolute Gasteiger partial charge is 0.352 e. The van der Waals surface area contributed by atoms with Crippen LogP contribution in [0.1, 0.15) is 89.8 Å². The molecule has 51 heavy (non-hydrogen) atoms. The molecule has 7 rings (SSSR count). The van der Waals surface area contributed by atoms with Gasteiger partial charge in [-0.05, 0) is 90.5 Å². The minimum absolute atomic E-state index is 0.0225. The van der Waals surface area contributed by atoms with Gasteiger partial charge in [0, 0.05) is 67.0 Å². The number of allylic oxidation sites excluding steroid dienone is 5. The van der Waals surface area contributed by atoms with E-state index in [1.54, 1.807) is 24.3 Å². The van der Waals surface area contributed by atoms with Crippen LogP contribution in [-0.2, 0) is 21.5 Å². The van der Waals surface area contributed by atoms with E-state index in [1.807, 2.05) is 29.2 Å². The molecule has 2 atom stereocenters. The molecule has 2 aliphatic heterocycles. The van der Waals surface area contributed by atoms with Crippen molar-refractivity contribution in [1.82, 2.24) is 23.8 Å². The molecule has 2 aliphatic carbocycles. The molecule has 10 nitrogen and oxygen atoms in total. The SMILES string of the molecule is C[C@@H]1C=CC2=C(C1)c1c(C3CCCCC3)c3ccc(C(=O)NS(=O)(=O)N(C)C)cc3n1CC(C(=O)N1CCC(CNC(=O)c3ccccc3)C1)=C2. The maximum Gasteiger partial charge on any atom is 0.303 e. The highest BCUT2D eigenvalue weighted by Gasteiger charge is 2.35. The van der Waals surface area contributed by atoms with Gasteiger partial charge in [-0.3, -0.25) is 14.4 Å². The fourth-order valence-corrected chi connectivity index (χ4v) is 8.71. The summed E-state index contributed by atoms with van der Waals surface area (Å²) in [6.07, 6.45) is 13.8. The van der Waals surface area contributed by atoms with Crippen molar-refractivity contribution in [2.45, 2.75) is 64.3 Å². The van der Waals surface area contributed by atoms with Gasteiger partial charge in [0.05, 0.1) is 6.54 Å². The van der Waals surface area contributed by atoms with Crippen LogP contribution in [0.2, 0.25) is 0 Å². The lowest BCUT2D eigenvalue weighted by Crippen LogP contribution is -2.39. The highest BCUT2D eigenvalue weighted by molar-refractivity contribution is 7.87. The van der Waals surface area contributed by atoms with E-state index in [1.165, 1.54) is 31.7 Å². The smallest absolute Gasteiger partial charge is 0.303 e. The maximum absolute atomic E-state index is 14.4. The Kier molecular flexibility index (Phi) is 9.78. The monoisotopic (exact) mass is 709 g/mol. The second-order valence-electron chi connectivity index (χ2n) is 14.8. The predicted molar refractivity (Wildman–Crippen MR) is 199 cm³/mol. The number of carbonyl (C=O) groups is 3. The molecule has 3 amide bonds. The number of nitrogens with one attached hydrogen (secondary N) is 2. The van der Waals surface area contributed by atoms with Crippen LogP contribution in [0.3, 0.4) is 0 Å². The van der Waals surface area contributed by atoms with E-state index < -0.39 is 16.1 Å². The van der Waals surface area contributed by atoms with Gasteiger partial charge in [-0.15, -0.1) is 0 Å². The summed E-state index contributed by atoms with van der Waals surface area (Å²) in [4.78, 5) is 42.4. The number of hydrogen-bond acceptors (Lipinski definition) is 5. The molecule has 11 heteroatoms. The lowest BCUT2D eigenvalue weighted by molar-refractivity contribution is -0.126. The third-order valence-corrected chi connectivity index (χ3v) is 12.3. The number of carbonyl (C=O) groups excluding carboxylic acids is 3. The van der Waals surface area contributed by atoms with Crippen molar-refractivity contribution in [2.75, 3.05) is 33.7 Å². The molecule has 0 bridgehead atoms. The molecule has 1 saturated heterocycles. The Morgan fingerprint density at radius 3 is 2.45 bits per heavy atom. The fraction of sp³-hybridized carbons (Fsp3) is 0.425. The lowest BCUT2D eigenvalue weighted by atomic mass is 9.79. The molecule has 2 aromatic carbocycles. The van der Waals surface area contributed by atoms with Crippen LogP contribution in [0.5, 0.6) is 0 Å². The Balaban J connectivity index is 1.24. The Hall–Kier alpha value is -4.48. The molecule has 3 heterocycles. The maximum atomic E-state index is 14.4. The predicted octanol–water partition coefficient (Wildman–Crippen LogP) is 5.79. The van der Waals surface area contributed by atoms with Crippen molar-refractivity contribution in [3.8, 4) is 0 Å². The van der Waals surface area contributed by atoms with Gasteiger partial charge in [0.15, 0.2) is 0 Å². The number of aromatic nitrogens is 1. The van der Waals surface area contributed by atoms with Gasteiger partial charge in [-0.1, -0.05) is 62.6 Å². The zero-order valence-corrected chi connectivity index (χ0v) is 30.5. The van der Waals surface area contributed by atoms with Gasteiger partial charge in [0.2, 0.25) is 0 Å². The average Bonchev–Trinajstić information content (AvgIpc) is 3.69. The summed E-state index contributed by atoms with van der Waals surface area (Å²) in [5.41, 5.74) is 7.06. The van der Waals surface area contributed by atoms with Gasteiger partial charge >= 0.3 is 10.2 Å². The number of fused-ring (bicyclic) bond motifs is 4. The third-order valence-electron chi connectivity index (χ3n) is 10.9. The first-order valence-electron chi connectivity index (χ1n) is 18.2. The number of rotatable bonds is 8. The first-order valence-corrected chi connectivity index (χ1v) is 19.6. The van der Waals surface area contributed by atoms with Crippen LogP contribution in [-0.4, -0.2) is 73.6 Å². The van der Waals surface area contributed by atoms with Crippen LogP contribution in [0.15, 0.2) is 77.9 Å². The molecular weight excluding hydrogens is 663 g/mol. The summed E-state index contributed by atoms with van der Waals surface area (Å²) in [6.45, 7) is 4.21. The molecule has 3 aromatic rings. The van der Waals surface area contributed by atoms with Crippen LogP contribution in [0, 0.1) is 11.8 Å². The van der Waals surface area contributed by atoms with Gasteiger partial charge in [-0.2, -0.15) is 12.7 Å². The van der Waals surface area contributed by atoms with Gasteiger partial charge < -0.3 is 14.8 Å². The van der Waals surface area contributed by atoms with Crippen LogP contribution in [0.25, 0.3) is 16.5 Å². The minimum Gasteiger partial charge on any atom is -0.352 e. The molecule has 0 radical (unpaired) electrons. The van der Waals surface area contributed by atoms with Gasteiger partial charge in [0.1, 0.15) is 0 Å². The lowest BCUT2D eigenvalue weighted by Gasteiger charge is -2.26. The molecule has 0 spiro atoms. The zero-order valence-electron chi connectivity index (χ0n) is 29.7. The Bertz CT molecular complexity index is 2070. The van der Waals surface area contributed by atoms with E-state index in [4.69, 9.17) is 0 Å². The Labute approximate surface area is 300 Å². The van der Waals surface area contributed by atoms with Crippen molar-refractivity contribution in [3.63, 3.8) is 0 Å². The highest BCUT2D eigenvalue weighted by Crippen LogP contribution is 2.47. The summed E-state index contributed by atoms with van der Waals surface area (Å²) < 4.78 is 30.5. The van der Waals surface area contributed by atoms with Gasteiger partial charge in [-0.25, -0.2) is 4.72 Å². The minimum atomic E-state index is -3.98. The first-order chi connectivity index (χ1) is 24.5. The summed E-state index contributed by atoms with van der Waals surface area (Å²) in [5.74, 6) is -0.00790. The van der Waals surface area contributed by atoms with Crippen molar-refractivity contribution in [3.05, 3.63) is 100 Å². The molecule has 2 fully saturated rings. The number of nitrogens with zero attached hydrogens (tertiary/aromatic N) is 3. The number of likely N-dealkylation sites (tertiary alicyclic amines) is 1. The third kappa shape index (κ3) is 7.06. The number of amides is 3. The van der Waals surface area contributed by atoms with E-state index in [0.717, 1.165) is 65.0 Å². The van der Waals surface area contributed by atoms with Crippen molar-refractivity contribution >= 4 is 44.4 Å². The number of hydrogen-bond donors (Lipinski definition) is 2. The number of benzene rings is 2. The first kappa shape index (κ1) is 34.9. The van der Waals surface area contributed by atoms with Crippen LogP contribution < -0.4 is 10.0 Å². The van der Waals surface area contributed by atoms with Crippen LogP contribution >= 0.6 is 0 Å². The van der Waals surface area contributed by atoms with E-state index in [2.05, 4.69) is 39.8 Å². The summed E-state index contributed by atoms with van der Waals surface area (Å²) in [7, 11) is -1.23. The molecule has 1 aromatic heterocycles. The Morgan fingerprint density at radius 2 is 1.71 bits per heavy atom. The molecule has 1 saturated carbocycles. The van der Waals surface area contributed by atoms with Crippen molar-refractivity contribution in [2.24, 2.45) is 11.8 Å². The topological polar surface area (TPSA) is 121 Å². The standard InChI is InChI=1S/C40H47N5O5S/c1-26-14-15-30-21-32(40(48)44-19-18-27(24-44)23-41-38(46)29-12-8-5-9-13-29)25-45-35-22-31(39(47)42-51(49,50)43(2)3)16-17-33(35)36(37(45)34(30)20-26)28-10-6-4-7-11-28/h5,8-9,12-17,21-22,26-28H,4,6-7,10-11,18-20,23-25H2,1-3H3,(H,41,46)(H,42,47)/t26-,27?/m1/s1. The molecular formula is C40H47N5O5S. The highest BCUT2D eigenvalue weighted by atomic mass is 32.2. The average molecular weight is 710 g/mol. The summed E-state index contributed by atoms with van der Waals surface area (Å²) in [5, 5.41) is 4.11. The summed E-state index contributed by atoms with van der Waals surface area (Å²) >= 11 is 0. The second kappa shape index (κ2) is 14.3. The van der Waals surface area contributed by atoms with Crippen LogP contribution in [0.4, 0.5) is 0 Å². The second-order valence-corrected chi connectivity index (χ2v) is 16.6. The molecule has 268 valence electrons. The van der Waals surface area contributed by atoms with Gasteiger partial charge in [0.25, 0.3) is 17.7 Å². The molecule has 4 aliphatic rings. The van der Waals surface area contributed by atoms with Crippen molar-refractivity contribution < 1.29 is 22.8 Å². The quantitative estimate of drug-likeness (QED) is 0.307. The van der Waals surface area contributed by atoms with E-state index in [0.29, 0.717) is 49.2 Å². The molecule has 1 unspecified atom stereocenters. The summed E-state index contributed by atoms with van der Waals surface area (Å²) in [6, 6.07) is 14.6. The Morgan fingerprint density at radius 1 is 0.941 bits per heavy atom. The van der Waals surface area contributed by atoms with E-state index in [-0.39, 0.29) is 23.3 Å². The zero-order chi connectivity index (χ0) is 35.9. The van der Waals surface area contributed by atoms with Crippen molar-refractivity contribution in [1.29, 1.82) is 0 Å². The van der Waals surface area contributed by atoms with E-state index in [9.17, 15) is 22.8 Å². The fourth-order valence-electron chi connectivity index (χ4n) is 8.17. The molecule has 2 N–H and O–H groups in total.